The summed E-state index contributed by atoms with van der Waals surface area (Å²) in [6, 6.07) is 30.3. The van der Waals surface area contributed by atoms with Crippen LogP contribution in [0.25, 0.3) is 44.5 Å². The van der Waals surface area contributed by atoms with Gasteiger partial charge < -0.3 is 0 Å². The van der Waals surface area contributed by atoms with Crippen molar-refractivity contribution in [1.29, 1.82) is 0 Å². The molecule has 32 heavy (non-hydrogen) atoms. The average Bonchev–Trinajstić information content (AvgIpc) is 2.79. The Kier molecular flexibility index (Phi) is 5.07. The predicted molar refractivity (Wildman–Crippen MR) is 133 cm³/mol. The molecule has 5 aromatic rings. The van der Waals surface area contributed by atoms with Crippen molar-refractivity contribution in [3.8, 4) is 33.8 Å². The molecule has 0 aliphatic rings. The average molecular weight is 416 g/mol. The minimum absolute atomic E-state index is 0.976. The molecule has 5 rings (SSSR count). The van der Waals surface area contributed by atoms with E-state index in [9.17, 15) is 0 Å². The molecular weight excluding hydrogens is 388 g/mol. The third-order valence-corrected chi connectivity index (χ3v) is 6.15. The molecule has 0 unspecified atom stereocenters. The number of rotatable bonds is 3. The summed E-state index contributed by atoms with van der Waals surface area (Å²) < 4.78 is 2.23. The lowest BCUT2D eigenvalue weighted by atomic mass is 9.95. The van der Waals surface area contributed by atoms with Crippen molar-refractivity contribution in [3.05, 3.63) is 108 Å². The van der Waals surface area contributed by atoms with Gasteiger partial charge in [0.15, 0.2) is 6.20 Å². The van der Waals surface area contributed by atoms with Gasteiger partial charge >= 0.3 is 0 Å². The van der Waals surface area contributed by atoms with Crippen molar-refractivity contribution in [2.45, 2.75) is 20.8 Å². The van der Waals surface area contributed by atoms with Crippen LogP contribution in [0.3, 0.4) is 0 Å². The Bertz CT molecular complexity index is 1440. The molecule has 0 aliphatic heterocycles. The Balaban J connectivity index is 1.85. The molecule has 1 aromatic heterocycles. The largest absolute Gasteiger partial charge is 0.239 e. The molecular formula is C30H27N2+. The normalized spacial score (nSPS) is 11.1. The molecule has 0 spiro atoms. The quantitative estimate of drug-likeness (QED) is 0.290. The van der Waals surface area contributed by atoms with E-state index in [0.29, 0.717) is 0 Å². The number of aryl methyl sites for hydroxylation is 4. The third kappa shape index (κ3) is 3.58. The summed E-state index contributed by atoms with van der Waals surface area (Å²) >= 11 is 0. The van der Waals surface area contributed by atoms with Crippen LogP contribution in [0.2, 0.25) is 0 Å². The second-order valence-electron chi connectivity index (χ2n) is 8.65. The van der Waals surface area contributed by atoms with E-state index in [0.717, 1.165) is 28.2 Å². The molecule has 0 aliphatic carbocycles. The highest BCUT2D eigenvalue weighted by molar-refractivity contribution is 5.98. The van der Waals surface area contributed by atoms with Crippen molar-refractivity contribution in [3.63, 3.8) is 0 Å². The number of benzene rings is 4. The fraction of sp³-hybridized carbons (Fsp3) is 0.133. The van der Waals surface area contributed by atoms with Crippen LogP contribution in [-0.2, 0) is 7.05 Å². The first-order valence-corrected chi connectivity index (χ1v) is 11.0. The van der Waals surface area contributed by atoms with E-state index in [-0.39, 0.29) is 0 Å². The van der Waals surface area contributed by atoms with Gasteiger partial charge in [-0.25, -0.2) is 4.98 Å². The van der Waals surface area contributed by atoms with Gasteiger partial charge in [0.25, 0.3) is 0 Å². The highest BCUT2D eigenvalue weighted by Gasteiger charge is 2.24. The van der Waals surface area contributed by atoms with Gasteiger partial charge in [-0.3, -0.25) is 0 Å². The summed E-state index contributed by atoms with van der Waals surface area (Å²) in [5, 5.41) is 2.44. The van der Waals surface area contributed by atoms with Crippen LogP contribution in [0.4, 0.5) is 0 Å². The van der Waals surface area contributed by atoms with E-state index in [1.807, 2.05) is 0 Å². The summed E-state index contributed by atoms with van der Waals surface area (Å²) in [7, 11) is 2.13. The van der Waals surface area contributed by atoms with Gasteiger partial charge in [0, 0.05) is 11.1 Å². The van der Waals surface area contributed by atoms with Gasteiger partial charge in [0.05, 0.1) is 5.56 Å². The number of nitrogens with zero attached hydrogens (tertiary/aromatic N) is 2. The minimum atomic E-state index is 0.976. The molecule has 0 saturated carbocycles. The molecule has 1 heterocycles. The second kappa shape index (κ2) is 8.05. The maximum Gasteiger partial charge on any atom is 0.239 e. The lowest BCUT2D eigenvalue weighted by Crippen LogP contribution is -2.32. The molecule has 156 valence electrons. The van der Waals surface area contributed by atoms with Crippen LogP contribution in [0.1, 0.15) is 16.7 Å². The van der Waals surface area contributed by atoms with E-state index in [4.69, 9.17) is 4.98 Å². The summed E-state index contributed by atoms with van der Waals surface area (Å²) in [5.74, 6) is 0. The maximum atomic E-state index is 5.27. The topological polar surface area (TPSA) is 16.8 Å². The first-order valence-electron chi connectivity index (χ1n) is 11.0. The standard InChI is InChI=1S/C30H27N2/c1-20-12-15-24(16-13-20)28-19-32(4)30(25-17-14-21(2)18-22(25)3)29(31-28)27-11-7-9-23-8-5-6-10-26(23)27/h5-19H,1-4H3/q+1. The van der Waals surface area contributed by atoms with Crippen molar-refractivity contribution in [2.75, 3.05) is 0 Å². The molecule has 0 radical (unpaired) electrons. The number of hydrogen-bond acceptors (Lipinski definition) is 1. The Morgan fingerprint density at radius 3 is 2.19 bits per heavy atom. The Morgan fingerprint density at radius 1 is 0.688 bits per heavy atom. The Morgan fingerprint density at radius 2 is 1.41 bits per heavy atom. The zero-order valence-electron chi connectivity index (χ0n) is 19.1. The lowest BCUT2D eigenvalue weighted by molar-refractivity contribution is -0.659. The summed E-state index contributed by atoms with van der Waals surface area (Å²) in [6.07, 6.45) is 2.15. The first-order chi connectivity index (χ1) is 15.5. The van der Waals surface area contributed by atoms with Crippen molar-refractivity contribution < 1.29 is 4.57 Å². The van der Waals surface area contributed by atoms with Crippen LogP contribution in [0.15, 0.2) is 91.1 Å². The highest BCUT2D eigenvalue weighted by Crippen LogP contribution is 2.35. The van der Waals surface area contributed by atoms with Gasteiger partial charge in [-0.1, -0.05) is 90.0 Å². The van der Waals surface area contributed by atoms with Crippen molar-refractivity contribution in [2.24, 2.45) is 7.05 Å². The van der Waals surface area contributed by atoms with Gasteiger partial charge in [-0.05, 0) is 43.2 Å². The fourth-order valence-electron chi connectivity index (χ4n) is 4.50. The minimum Gasteiger partial charge on any atom is -0.234 e. The van der Waals surface area contributed by atoms with Crippen LogP contribution < -0.4 is 4.57 Å². The number of hydrogen-bond donors (Lipinski definition) is 0. The van der Waals surface area contributed by atoms with E-state index in [1.165, 1.54) is 33.0 Å². The summed E-state index contributed by atoms with van der Waals surface area (Å²) in [6.45, 7) is 6.44. The van der Waals surface area contributed by atoms with Crippen LogP contribution in [0, 0.1) is 20.8 Å². The van der Waals surface area contributed by atoms with E-state index >= 15 is 0 Å². The lowest BCUT2D eigenvalue weighted by Gasteiger charge is -2.14. The van der Waals surface area contributed by atoms with Gasteiger partial charge in [0.1, 0.15) is 18.4 Å². The molecule has 0 bridgehead atoms. The predicted octanol–water partition coefficient (Wildman–Crippen LogP) is 6.99. The van der Waals surface area contributed by atoms with E-state index < -0.39 is 0 Å². The molecule has 2 nitrogen and oxygen atoms in total. The molecule has 0 amide bonds. The van der Waals surface area contributed by atoms with Crippen LogP contribution in [0.5, 0.6) is 0 Å². The number of aromatic nitrogens is 2. The SMILES string of the molecule is Cc1ccc(-c2c[n+](C)c(-c3ccc(C)cc3C)c(-c3cccc4ccccc34)n2)cc1. The second-order valence-corrected chi connectivity index (χ2v) is 8.65. The molecule has 0 N–H and O–H groups in total. The Labute approximate surface area is 189 Å². The third-order valence-electron chi connectivity index (χ3n) is 6.15. The fourth-order valence-corrected chi connectivity index (χ4v) is 4.50. The van der Waals surface area contributed by atoms with Crippen molar-refractivity contribution >= 4 is 10.8 Å². The molecule has 0 fully saturated rings. The molecule has 0 atom stereocenters. The summed E-state index contributed by atoms with van der Waals surface area (Å²) in [4.78, 5) is 5.27. The monoisotopic (exact) mass is 415 g/mol. The highest BCUT2D eigenvalue weighted by atomic mass is 15.0. The summed E-state index contributed by atoms with van der Waals surface area (Å²) in [5.41, 5.74) is 10.4. The Hall–Kier alpha value is -3.78. The smallest absolute Gasteiger partial charge is 0.234 e. The zero-order valence-corrected chi connectivity index (χ0v) is 19.1. The molecule has 0 saturated heterocycles. The first kappa shape index (κ1) is 20.1. The maximum absolute atomic E-state index is 5.27. The van der Waals surface area contributed by atoms with Crippen molar-refractivity contribution in [1.82, 2.24) is 4.98 Å². The molecule has 2 heteroatoms. The van der Waals surface area contributed by atoms with Gasteiger partial charge in [0.2, 0.25) is 5.69 Å². The van der Waals surface area contributed by atoms with E-state index in [1.54, 1.807) is 0 Å². The van der Waals surface area contributed by atoms with Crippen LogP contribution >= 0.6 is 0 Å². The van der Waals surface area contributed by atoms with Crippen LogP contribution in [-0.4, -0.2) is 4.98 Å². The molecule has 4 aromatic carbocycles. The zero-order chi connectivity index (χ0) is 22.2. The van der Waals surface area contributed by atoms with Gasteiger partial charge in [-0.15, -0.1) is 0 Å². The number of fused-ring (bicyclic) bond motifs is 1. The van der Waals surface area contributed by atoms with E-state index in [2.05, 4.69) is 124 Å². The van der Waals surface area contributed by atoms with Gasteiger partial charge in [-0.2, -0.15) is 4.57 Å².